The Labute approximate surface area is 171 Å². The van der Waals surface area contributed by atoms with E-state index in [-0.39, 0.29) is 55.6 Å². The Kier molecular flexibility index (Phi) is 6.42. The second kappa shape index (κ2) is 8.85. The normalized spacial score (nSPS) is 18.3. The zero-order chi connectivity index (χ0) is 21.9. The Bertz CT molecular complexity index is 840. The van der Waals surface area contributed by atoms with Gasteiger partial charge >= 0.3 is 6.18 Å². The van der Waals surface area contributed by atoms with Gasteiger partial charge in [0.05, 0.1) is 11.6 Å². The number of nitrogens with one attached hydrogen (secondary N) is 1. The molecule has 0 radical (unpaired) electrons. The van der Waals surface area contributed by atoms with Crippen molar-refractivity contribution in [1.82, 2.24) is 15.1 Å². The molecule has 2 aliphatic rings. The molecule has 3 rings (SSSR count). The van der Waals surface area contributed by atoms with Gasteiger partial charge in [-0.3, -0.25) is 24.1 Å². The molecule has 30 heavy (non-hydrogen) atoms. The first kappa shape index (κ1) is 21.8. The molecular weight excluding hydrogens is 403 g/mol. The van der Waals surface area contributed by atoms with Crippen LogP contribution in [0.15, 0.2) is 24.3 Å². The third kappa shape index (κ3) is 5.17. The fourth-order valence-electron chi connectivity index (χ4n) is 3.64. The average molecular weight is 425 g/mol. The van der Waals surface area contributed by atoms with E-state index in [1.807, 2.05) is 0 Å². The third-order valence-corrected chi connectivity index (χ3v) is 5.24. The third-order valence-electron chi connectivity index (χ3n) is 5.24. The van der Waals surface area contributed by atoms with E-state index in [2.05, 4.69) is 5.32 Å². The van der Waals surface area contributed by atoms with Gasteiger partial charge in [-0.1, -0.05) is 12.1 Å². The number of halogens is 3. The van der Waals surface area contributed by atoms with Crippen molar-refractivity contribution in [1.29, 1.82) is 0 Å². The number of carbonyl (C=O) groups is 4. The van der Waals surface area contributed by atoms with Crippen molar-refractivity contribution in [3.8, 4) is 0 Å². The lowest BCUT2D eigenvalue weighted by Gasteiger charge is -2.26. The van der Waals surface area contributed by atoms with Crippen LogP contribution < -0.4 is 5.32 Å². The van der Waals surface area contributed by atoms with Gasteiger partial charge in [-0.05, 0) is 24.1 Å². The Morgan fingerprint density at radius 3 is 2.37 bits per heavy atom. The summed E-state index contributed by atoms with van der Waals surface area (Å²) >= 11 is 0. The molecule has 1 atom stereocenters. The first-order valence-electron chi connectivity index (χ1n) is 9.72. The first-order valence-corrected chi connectivity index (χ1v) is 9.72. The van der Waals surface area contributed by atoms with Gasteiger partial charge in [-0.2, -0.15) is 13.2 Å². The van der Waals surface area contributed by atoms with Crippen molar-refractivity contribution < 1.29 is 32.3 Å². The molecule has 0 bridgehead atoms. The Morgan fingerprint density at radius 2 is 1.77 bits per heavy atom. The van der Waals surface area contributed by atoms with Crippen LogP contribution in [0.2, 0.25) is 0 Å². The van der Waals surface area contributed by atoms with E-state index >= 15 is 0 Å². The van der Waals surface area contributed by atoms with E-state index in [1.54, 1.807) is 0 Å². The maximum Gasteiger partial charge on any atom is 0.416 e. The molecule has 2 heterocycles. The second-order valence-corrected chi connectivity index (χ2v) is 7.38. The van der Waals surface area contributed by atoms with Crippen LogP contribution in [-0.4, -0.2) is 53.1 Å². The molecule has 0 aromatic heterocycles. The molecule has 0 aliphatic carbocycles. The van der Waals surface area contributed by atoms with Crippen LogP contribution in [0, 0.1) is 0 Å². The van der Waals surface area contributed by atoms with Gasteiger partial charge < -0.3 is 10.2 Å². The highest BCUT2D eigenvalue weighted by Crippen LogP contribution is 2.31. The molecule has 1 N–H and O–H groups in total. The number of likely N-dealkylation sites (tertiary alicyclic amines) is 2. The molecule has 0 saturated carbocycles. The Morgan fingerprint density at radius 1 is 1.07 bits per heavy atom. The maximum atomic E-state index is 13.1. The van der Waals surface area contributed by atoms with E-state index in [1.165, 1.54) is 17.0 Å². The molecule has 1 unspecified atom stereocenters. The lowest BCUT2D eigenvalue weighted by atomic mass is 10.0. The summed E-state index contributed by atoms with van der Waals surface area (Å²) in [5.41, 5.74) is -0.619. The molecule has 1 aromatic rings. The summed E-state index contributed by atoms with van der Waals surface area (Å²) in [5, 5.41) is 2.66. The minimum Gasteiger partial charge on any atom is -0.347 e. The number of amides is 4. The smallest absolute Gasteiger partial charge is 0.347 e. The molecule has 162 valence electrons. The van der Waals surface area contributed by atoms with Crippen LogP contribution >= 0.6 is 0 Å². The monoisotopic (exact) mass is 425 g/mol. The molecular formula is C20H22F3N3O4. The molecule has 2 aliphatic heterocycles. The lowest BCUT2D eigenvalue weighted by molar-refractivity contribution is -0.139. The van der Waals surface area contributed by atoms with Crippen LogP contribution in [0.25, 0.3) is 0 Å². The second-order valence-electron chi connectivity index (χ2n) is 7.38. The Balaban J connectivity index is 1.72. The highest BCUT2D eigenvalue weighted by Gasteiger charge is 2.33. The molecule has 1 aromatic carbocycles. The number of rotatable bonds is 7. The number of hydrogen-bond donors (Lipinski definition) is 1. The molecule has 10 heteroatoms. The molecule has 2 saturated heterocycles. The van der Waals surface area contributed by atoms with Crippen LogP contribution in [0.4, 0.5) is 13.2 Å². The summed E-state index contributed by atoms with van der Waals surface area (Å²) < 4.78 is 39.3. The van der Waals surface area contributed by atoms with Gasteiger partial charge in [-0.25, -0.2) is 0 Å². The van der Waals surface area contributed by atoms with E-state index in [9.17, 15) is 32.3 Å². The van der Waals surface area contributed by atoms with Crippen molar-refractivity contribution in [2.75, 3.05) is 19.6 Å². The summed E-state index contributed by atoms with van der Waals surface area (Å²) in [6.07, 6.45) is -3.45. The number of hydrogen-bond acceptors (Lipinski definition) is 4. The number of nitrogens with zero attached hydrogens (tertiary/aromatic N) is 2. The van der Waals surface area contributed by atoms with E-state index in [0.717, 1.165) is 17.0 Å². The van der Waals surface area contributed by atoms with Gasteiger partial charge in [0.25, 0.3) is 0 Å². The molecule has 4 amide bonds. The van der Waals surface area contributed by atoms with E-state index < -0.39 is 23.7 Å². The van der Waals surface area contributed by atoms with Gasteiger partial charge in [0.2, 0.25) is 23.6 Å². The van der Waals surface area contributed by atoms with Crippen molar-refractivity contribution in [3.63, 3.8) is 0 Å². The highest BCUT2D eigenvalue weighted by atomic mass is 19.4. The fourth-order valence-corrected chi connectivity index (χ4v) is 3.64. The fraction of sp³-hybridized carbons (Fsp3) is 0.500. The summed E-state index contributed by atoms with van der Waals surface area (Å²) in [6, 6.07) is 3.78. The minimum absolute atomic E-state index is 0.0491. The quantitative estimate of drug-likeness (QED) is 0.678. The van der Waals surface area contributed by atoms with Gasteiger partial charge in [0.1, 0.15) is 0 Å². The predicted molar refractivity (Wildman–Crippen MR) is 98.7 cm³/mol. The first-order chi connectivity index (χ1) is 14.1. The largest absolute Gasteiger partial charge is 0.416 e. The number of carbonyl (C=O) groups excluding carboxylic acids is 4. The number of alkyl halides is 3. The van der Waals surface area contributed by atoms with Crippen molar-refractivity contribution >= 4 is 23.6 Å². The van der Waals surface area contributed by atoms with Crippen LogP contribution in [-0.2, 0) is 25.4 Å². The SMILES string of the molecule is O=C(CCN1C(=O)CCC1=O)NC(CN1CCCC1=O)c1cccc(C(F)(F)F)c1. The van der Waals surface area contributed by atoms with E-state index in [4.69, 9.17) is 0 Å². The lowest BCUT2D eigenvalue weighted by Crippen LogP contribution is -2.40. The number of benzene rings is 1. The minimum atomic E-state index is -4.54. The van der Waals surface area contributed by atoms with Crippen LogP contribution in [0.5, 0.6) is 0 Å². The molecule has 2 fully saturated rings. The summed E-state index contributed by atoms with van der Waals surface area (Å²) in [5.74, 6) is -1.32. The van der Waals surface area contributed by atoms with Gasteiger partial charge in [0.15, 0.2) is 0 Å². The topological polar surface area (TPSA) is 86.8 Å². The van der Waals surface area contributed by atoms with Crippen LogP contribution in [0.3, 0.4) is 0 Å². The predicted octanol–water partition coefficient (Wildman–Crippen LogP) is 2.02. The maximum absolute atomic E-state index is 13.1. The van der Waals surface area contributed by atoms with Gasteiger partial charge in [0, 0.05) is 45.3 Å². The standard InChI is InChI=1S/C20H22F3N3O4/c21-20(22,23)14-4-1-3-13(11-14)15(12-25-9-2-5-17(25)28)24-16(27)8-10-26-18(29)6-7-19(26)30/h1,3-4,11,15H,2,5-10,12H2,(H,24,27). The zero-order valence-electron chi connectivity index (χ0n) is 16.2. The van der Waals surface area contributed by atoms with Crippen LogP contribution in [0.1, 0.15) is 49.3 Å². The summed E-state index contributed by atoms with van der Waals surface area (Å²) in [7, 11) is 0. The highest BCUT2D eigenvalue weighted by molar-refractivity contribution is 6.02. The van der Waals surface area contributed by atoms with Gasteiger partial charge in [-0.15, -0.1) is 0 Å². The average Bonchev–Trinajstić information content (AvgIpc) is 3.24. The summed E-state index contributed by atoms with van der Waals surface area (Å²) in [4.78, 5) is 50.3. The Hall–Kier alpha value is -2.91. The van der Waals surface area contributed by atoms with Crippen molar-refractivity contribution in [3.05, 3.63) is 35.4 Å². The van der Waals surface area contributed by atoms with E-state index in [0.29, 0.717) is 19.4 Å². The van der Waals surface area contributed by atoms with Crippen molar-refractivity contribution in [2.45, 2.75) is 44.3 Å². The summed E-state index contributed by atoms with van der Waals surface area (Å²) in [6.45, 7) is 0.440. The number of imide groups is 1. The molecule has 7 nitrogen and oxygen atoms in total. The van der Waals surface area contributed by atoms with Crippen molar-refractivity contribution in [2.24, 2.45) is 0 Å². The molecule has 0 spiro atoms. The zero-order valence-corrected chi connectivity index (χ0v) is 16.2.